The number of ether oxygens (including phenoxy) is 2. The van der Waals surface area contributed by atoms with Crippen LogP contribution in [0.25, 0.3) is 0 Å². The van der Waals surface area contributed by atoms with E-state index in [0.717, 1.165) is 24.2 Å². The molecular formula is C23H33IN4O3. The molecule has 2 aromatic rings. The van der Waals surface area contributed by atoms with Gasteiger partial charge in [0.1, 0.15) is 0 Å². The van der Waals surface area contributed by atoms with Crippen molar-refractivity contribution in [3.05, 3.63) is 53.6 Å². The Morgan fingerprint density at radius 3 is 2.52 bits per heavy atom. The van der Waals surface area contributed by atoms with Crippen molar-refractivity contribution in [1.82, 2.24) is 10.2 Å². The average molecular weight is 540 g/mol. The third-order valence-electron chi connectivity index (χ3n) is 4.32. The number of aliphatic imine (C=N–C) groups is 1. The van der Waals surface area contributed by atoms with Crippen molar-refractivity contribution in [2.75, 3.05) is 46.2 Å². The van der Waals surface area contributed by atoms with E-state index in [-0.39, 0.29) is 29.9 Å². The number of hydrogen-bond donors (Lipinski definition) is 2. The molecule has 2 N–H and O–H groups in total. The zero-order chi connectivity index (χ0) is 21.9. The topological polar surface area (TPSA) is 75.2 Å². The summed E-state index contributed by atoms with van der Waals surface area (Å²) in [5.41, 5.74) is 2.62. The van der Waals surface area contributed by atoms with Crippen LogP contribution in [0.3, 0.4) is 0 Å². The third-order valence-corrected chi connectivity index (χ3v) is 4.32. The van der Waals surface area contributed by atoms with Crippen LogP contribution in [0, 0.1) is 0 Å². The zero-order valence-corrected chi connectivity index (χ0v) is 21.2. The summed E-state index contributed by atoms with van der Waals surface area (Å²) in [5, 5.41) is 6.55. The Balaban J connectivity index is 0.00000480. The number of amides is 1. The lowest BCUT2D eigenvalue weighted by molar-refractivity contribution is 0.0827. The minimum atomic E-state index is -0.0000326. The van der Waals surface area contributed by atoms with E-state index in [2.05, 4.69) is 15.6 Å². The Bertz CT molecular complexity index is 872. The molecule has 0 saturated carbocycles. The average Bonchev–Trinajstić information content (AvgIpc) is 2.74. The molecule has 0 spiro atoms. The minimum Gasteiger partial charge on any atom is -0.493 e. The van der Waals surface area contributed by atoms with Gasteiger partial charge in [-0.2, -0.15) is 0 Å². The van der Waals surface area contributed by atoms with Crippen molar-refractivity contribution < 1.29 is 14.3 Å². The summed E-state index contributed by atoms with van der Waals surface area (Å²) < 4.78 is 11.0. The largest absolute Gasteiger partial charge is 0.493 e. The first-order valence-electron chi connectivity index (χ1n) is 10.1. The molecule has 0 aliphatic heterocycles. The van der Waals surface area contributed by atoms with Gasteiger partial charge in [-0.25, -0.2) is 0 Å². The molecule has 1 amide bonds. The molecule has 0 heterocycles. The highest BCUT2D eigenvalue weighted by molar-refractivity contribution is 14.0. The smallest absolute Gasteiger partial charge is 0.253 e. The third kappa shape index (κ3) is 8.28. The number of hydrogen-bond acceptors (Lipinski definition) is 4. The number of nitrogens with one attached hydrogen (secondary N) is 2. The number of halogens is 1. The van der Waals surface area contributed by atoms with Crippen LogP contribution in [-0.4, -0.2) is 57.7 Å². The van der Waals surface area contributed by atoms with Crippen LogP contribution in [0.1, 0.15) is 29.8 Å². The normalized spacial score (nSPS) is 10.7. The molecule has 0 radical (unpaired) electrons. The molecule has 0 aliphatic carbocycles. The first kappa shape index (κ1) is 26.5. The summed E-state index contributed by atoms with van der Waals surface area (Å²) in [6, 6.07) is 13.4. The number of nitrogens with zero attached hydrogens (tertiary/aromatic N) is 2. The summed E-state index contributed by atoms with van der Waals surface area (Å²) >= 11 is 0. The van der Waals surface area contributed by atoms with Crippen LogP contribution in [-0.2, 0) is 6.42 Å². The van der Waals surface area contributed by atoms with Crippen molar-refractivity contribution in [3.63, 3.8) is 0 Å². The second-order valence-electron chi connectivity index (χ2n) is 6.83. The molecule has 0 saturated heterocycles. The van der Waals surface area contributed by atoms with E-state index in [1.165, 1.54) is 0 Å². The minimum absolute atomic E-state index is 0. The van der Waals surface area contributed by atoms with Crippen LogP contribution in [0.5, 0.6) is 11.5 Å². The fourth-order valence-corrected chi connectivity index (χ4v) is 2.88. The highest BCUT2D eigenvalue weighted by Gasteiger charge is 2.09. The molecule has 2 rings (SSSR count). The van der Waals surface area contributed by atoms with Gasteiger partial charge < -0.3 is 25.0 Å². The number of anilines is 1. The van der Waals surface area contributed by atoms with Gasteiger partial charge in [0.25, 0.3) is 5.91 Å². The van der Waals surface area contributed by atoms with E-state index >= 15 is 0 Å². The van der Waals surface area contributed by atoms with Gasteiger partial charge in [-0.15, -0.1) is 24.0 Å². The highest BCUT2D eigenvalue weighted by Crippen LogP contribution is 2.30. The lowest BCUT2D eigenvalue weighted by Gasteiger charge is -2.14. The molecule has 7 nitrogen and oxygen atoms in total. The van der Waals surface area contributed by atoms with E-state index in [1.54, 1.807) is 26.1 Å². The van der Waals surface area contributed by atoms with E-state index in [4.69, 9.17) is 9.47 Å². The first-order chi connectivity index (χ1) is 14.5. The monoisotopic (exact) mass is 540 g/mol. The maximum absolute atomic E-state index is 12.1. The van der Waals surface area contributed by atoms with Crippen molar-refractivity contribution >= 4 is 41.5 Å². The summed E-state index contributed by atoms with van der Waals surface area (Å²) in [7, 11) is 5.13. The van der Waals surface area contributed by atoms with Crippen molar-refractivity contribution in [3.8, 4) is 11.5 Å². The van der Waals surface area contributed by atoms with Crippen molar-refractivity contribution in [1.29, 1.82) is 0 Å². The number of rotatable bonds is 9. The summed E-state index contributed by atoms with van der Waals surface area (Å²) in [4.78, 5) is 18.4. The number of benzene rings is 2. The quantitative estimate of drug-likeness (QED) is 0.286. The number of carbonyl (C=O) groups is 1. The predicted octanol–water partition coefficient (Wildman–Crippen LogP) is 4.03. The van der Waals surface area contributed by atoms with Crippen molar-refractivity contribution in [2.24, 2.45) is 4.99 Å². The van der Waals surface area contributed by atoms with Crippen LogP contribution >= 0.6 is 24.0 Å². The van der Waals surface area contributed by atoms with Crippen LogP contribution in [0.4, 0.5) is 5.69 Å². The van der Waals surface area contributed by atoms with E-state index in [9.17, 15) is 4.79 Å². The molecule has 0 atom stereocenters. The second-order valence-corrected chi connectivity index (χ2v) is 6.83. The number of guanidine groups is 1. The lowest BCUT2D eigenvalue weighted by atomic mass is 10.1. The molecule has 0 unspecified atom stereocenters. The molecule has 0 fully saturated rings. The molecule has 170 valence electrons. The maximum atomic E-state index is 12.1. The number of methoxy groups -OCH3 is 1. The first-order valence-corrected chi connectivity index (χ1v) is 10.1. The molecule has 0 aromatic heterocycles. The standard InChI is InChI=1S/C23H32N4O3.HI/c1-6-24-23(26-19-11-12-20(29-5)21(16-19)30-7-2)25-14-13-17-9-8-10-18(15-17)22(28)27(3)4;/h8-12,15-16H,6-7,13-14H2,1-5H3,(H2,24,25,26);1H. The molecule has 8 heteroatoms. The summed E-state index contributed by atoms with van der Waals surface area (Å²) in [6.07, 6.45) is 0.734. The van der Waals surface area contributed by atoms with Gasteiger partial charge in [-0.3, -0.25) is 9.79 Å². The summed E-state index contributed by atoms with van der Waals surface area (Å²) in [6.45, 7) is 5.85. The molecule has 31 heavy (non-hydrogen) atoms. The SMILES string of the molecule is CCNC(=NCCc1cccc(C(=O)N(C)C)c1)Nc1ccc(OC)c(OCC)c1.I. The van der Waals surface area contributed by atoms with Gasteiger partial charge in [0, 0.05) is 44.5 Å². The van der Waals surface area contributed by atoms with Crippen molar-refractivity contribution in [2.45, 2.75) is 20.3 Å². The van der Waals surface area contributed by atoms with Crippen LogP contribution < -0.4 is 20.1 Å². The lowest BCUT2D eigenvalue weighted by Crippen LogP contribution is -2.30. The van der Waals surface area contributed by atoms with Crippen LogP contribution in [0.15, 0.2) is 47.5 Å². The Morgan fingerprint density at radius 2 is 1.87 bits per heavy atom. The maximum Gasteiger partial charge on any atom is 0.253 e. The fourth-order valence-electron chi connectivity index (χ4n) is 2.88. The Hall–Kier alpha value is -2.49. The number of carbonyl (C=O) groups excluding carboxylic acids is 1. The second kappa shape index (κ2) is 13.7. The predicted molar refractivity (Wildman–Crippen MR) is 137 cm³/mol. The van der Waals surface area contributed by atoms with Gasteiger partial charge in [0.15, 0.2) is 17.5 Å². The van der Waals surface area contributed by atoms with Gasteiger partial charge in [0.05, 0.1) is 13.7 Å². The van der Waals surface area contributed by atoms with E-state index in [0.29, 0.717) is 36.2 Å². The fraction of sp³-hybridized carbons (Fsp3) is 0.391. The molecule has 0 aliphatic rings. The molecular weight excluding hydrogens is 507 g/mol. The highest BCUT2D eigenvalue weighted by atomic mass is 127. The van der Waals surface area contributed by atoms with Gasteiger partial charge in [0.2, 0.25) is 0 Å². The Labute approximate surface area is 202 Å². The van der Waals surface area contributed by atoms with Crippen LogP contribution in [0.2, 0.25) is 0 Å². The zero-order valence-electron chi connectivity index (χ0n) is 18.9. The van der Waals surface area contributed by atoms with E-state index < -0.39 is 0 Å². The molecule has 2 aromatic carbocycles. The van der Waals surface area contributed by atoms with Gasteiger partial charge in [-0.05, 0) is 50.1 Å². The van der Waals surface area contributed by atoms with E-state index in [1.807, 2.05) is 56.3 Å². The van der Waals surface area contributed by atoms with Gasteiger partial charge in [-0.1, -0.05) is 12.1 Å². The molecule has 0 bridgehead atoms. The Kier molecular flexibility index (Phi) is 11.8. The van der Waals surface area contributed by atoms with Gasteiger partial charge >= 0.3 is 0 Å². The Morgan fingerprint density at radius 1 is 1.10 bits per heavy atom. The summed E-state index contributed by atoms with van der Waals surface area (Å²) in [5.74, 6) is 2.06.